The van der Waals surface area contributed by atoms with Gasteiger partial charge in [0.15, 0.2) is 0 Å². The van der Waals surface area contributed by atoms with E-state index in [1.54, 1.807) is 0 Å². The molecular weight excluding hydrogens is 370 g/mol. The molecule has 2 aliphatic heterocycles. The van der Waals surface area contributed by atoms with Crippen LogP contribution >= 0.6 is 0 Å². The van der Waals surface area contributed by atoms with Crippen molar-refractivity contribution in [3.8, 4) is 5.75 Å². The molecule has 2 heterocycles. The van der Waals surface area contributed by atoms with Crippen LogP contribution in [0.1, 0.15) is 46.3 Å². The second-order valence-corrected chi connectivity index (χ2v) is 9.00. The Morgan fingerprint density at radius 3 is 2.07 bits per heavy atom. The van der Waals surface area contributed by atoms with E-state index in [0.717, 1.165) is 17.9 Å². The van der Waals surface area contributed by atoms with E-state index in [1.165, 1.54) is 0 Å². The number of hydrogen-bond acceptors (Lipinski definition) is 6. The Bertz CT molecular complexity index is 642. The molecule has 6 heteroatoms. The Morgan fingerprint density at radius 2 is 1.55 bits per heavy atom. The van der Waals surface area contributed by atoms with E-state index in [1.807, 2.05) is 29.3 Å². The maximum absolute atomic E-state index is 6.52. The van der Waals surface area contributed by atoms with Crippen LogP contribution in [0, 0.1) is 0 Å². The van der Waals surface area contributed by atoms with Crippen molar-refractivity contribution >= 4 is 0 Å². The number of epoxide rings is 1. The molecule has 0 bridgehead atoms. The highest BCUT2D eigenvalue weighted by Crippen LogP contribution is 2.32. The first-order chi connectivity index (χ1) is 13.8. The fourth-order valence-corrected chi connectivity index (χ4v) is 3.52. The average molecular weight is 406 g/mol. The normalized spacial score (nSPS) is 26.9. The smallest absolute Gasteiger partial charge is 0.119 e. The molecule has 2 atom stereocenters. The lowest BCUT2D eigenvalue weighted by Crippen LogP contribution is -2.59. The fourth-order valence-electron chi connectivity index (χ4n) is 3.52. The average Bonchev–Trinajstić information content (AvgIpc) is 3.50. The van der Waals surface area contributed by atoms with Crippen LogP contribution in [0.5, 0.6) is 5.75 Å². The van der Waals surface area contributed by atoms with Crippen molar-refractivity contribution in [2.45, 2.75) is 57.9 Å². The van der Waals surface area contributed by atoms with Gasteiger partial charge in [-0.3, -0.25) is 4.84 Å². The highest BCUT2D eigenvalue weighted by atomic mass is 16.7. The highest BCUT2D eigenvalue weighted by molar-refractivity contribution is 5.28. The van der Waals surface area contributed by atoms with Gasteiger partial charge in [0.05, 0.1) is 44.1 Å². The summed E-state index contributed by atoms with van der Waals surface area (Å²) < 4.78 is 22.7. The molecule has 1 fully saturated rings. The summed E-state index contributed by atoms with van der Waals surface area (Å²) in [5.74, 6) is 0.849. The first kappa shape index (κ1) is 22.2. The first-order valence-electron chi connectivity index (χ1n) is 10.4. The van der Waals surface area contributed by atoms with Gasteiger partial charge in [-0.05, 0) is 52.3 Å². The zero-order valence-corrected chi connectivity index (χ0v) is 18.3. The van der Waals surface area contributed by atoms with Crippen LogP contribution in [0.15, 0.2) is 36.4 Å². The van der Waals surface area contributed by atoms with E-state index in [4.69, 9.17) is 23.8 Å². The van der Waals surface area contributed by atoms with Gasteiger partial charge in [0.1, 0.15) is 24.6 Å². The lowest BCUT2D eigenvalue weighted by atomic mass is 9.97. The minimum absolute atomic E-state index is 0.127. The first-order valence-corrected chi connectivity index (χ1v) is 10.4. The van der Waals surface area contributed by atoms with Gasteiger partial charge in [-0.25, -0.2) is 0 Å². The molecule has 162 valence electrons. The minimum atomic E-state index is -0.327. The molecule has 0 saturated carbocycles. The van der Waals surface area contributed by atoms with Crippen molar-refractivity contribution < 1.29 is 23.8 Å². The van der Waals surface area contributed by atoms with Crippen molar-refractivity contribution in [2.24, 2.45) is 0 Å². The number of benzene rings is 1. The Labute approximate surface area is 174 Å². The topological polar surface area (TPSA) is 52.7 Å². The number of rotatable bonds is 6. The molecular formula is C23H35NO5. The van der Waals surface area contributed by atoms with E-state index in [2.05, 4.69) is 46.8 Å². The molecule has 1 aromatic carbocycles. The van der Waals surface area contributed by atoms with E-state index in [0.29, 0.717) is 33.0 Å². The molecule has 0 aliphatic carbocycles. The second kappa shape index (κ2) is 9.58. The molecule has 0 spiro atoms. The molecule has 1 aromatic rings. The molecule has 6 nitrogen and oxygen atoms in total. The van der Waals surface area contributed by atoms with E-state index >= 15 is 0 Å². The summed E-state index contributed by atoms with van der Waals surface area (Å²) in [7, 11) is 0. The van der Waals surface area contributed by atoms with Crippen LogP contribution in [-0.2, 0) is 19.0 Å². The summed E-state index contributed by atoms with van der Waals surface area (Å²) in [5, 5.41) is 2.05. The summed E-state index contributed by atoms with van der Waals surface area (Å²) in [6.07, 6.45) is 4.13. The number of nitrogens with zero attached hydrogens (tertiary/aromatic N) is 1. The molecule has 0 radical (unpaired) electrons. The van der Waals surface area contributed by atoms with Crippen LogP contribution in [0.3, 0.4) is 0 Å². The van der Waals surface area contributed by atoms with E-state index in [-0.39, 0.29) is 23.3 Å². The number of hydrogen-bond donors (Lipinski definition) is 0. The predicted octanol–water partition coefficient (Wildman–Crippen LogP) is 3.92. The lowest BCUT2D eigenvalue weighted by Gasteiger charge is -2.47. The van der Waals surface area contributed by atoms with Gasteiger partial charge in [0.2, 0.25) is 0 Å². The quantitative estimate of drug-likeness (QED) is 0.528. The highest BCUT2D eigenvalue weighted by Gasteiger charge is 2.41. The summed E-state index contributed by atoms with van der Waals surface area (Å²) in [4.78, 5) is 6.52. The van der Waals surface area contributed by atoms with Crippen molar-refractivity contribution in [1.29, 1.82) is 0 Å². The molecule has 0 N–H and O–H groups in total. The number of ether oxygens (including phenoxy) is 4. The largest absolute Gasteiger partial charge is 0.491 e. The third-order valence-electron chi connectivity index (χ3n) is 5.06. The third-order valence-corrected chi connectivity index (χ3v) is 5.06. The van der Waals surface area contributed by atoms with E-state index in [9.17, 15) is 0 Å². The van der Waals surface area contributed by atoms with Gasteiger partial charge in [-0.2, -0.15) is 5.06 Å². The minimum Gasteiger partial charge on any atom is -0.491 e. The SMILES string of the molecule is CC(ON1C(C)(C)COC/C=C\COCC1(C)C)c1ccc(OCC2CO2)cc1. The Morgan fingerprint density at radius 1 is 1.00 bits per heavy atom. The van der Waals surface area contributed by atoms with Gasteiger partial charge in [-0.1, -0.05) is 24.3 Å². The summed E-state index contributed by atoms with van der Waals surface area (Å²) in [5.41, 5.74) is 0.434. The standard InChI is InChI=1S/C23H35NO5/c1-18(19-8-10-20(11-9-19)27-14-21-15-28-21)29-24-22(2,3)16-25-12-6-7-13-26-17-23(24,4)5/h6-11,18,21H,12-17H2,1-5H3/b7-6-. The zero-order valence-electron chi connectivity index (χ0n) is 18.3. The molecule has 2 unspecified atom stereocenters. The van der Waals surface area contributed by atoms with Crippen LogP contribution in [-0.4, -0.2) is 61.9 Å². The summed E-state index contributed by atoms with van der Waals surface area (Å²) >= 11 is 0. The lowest BCUT2D eigenvalue weighted by molar-refractivity contribution is -0.304. The molecule has 29 heavy (non-hydrogen) atoms. The molecule has 3 rings (SSSR count). The third kappa shape index (κ3) is 6.52. The van der Waals surface area contributed by atoms with Gasteiger partial charge in [0.25, 0.3) is 0 Å². The second-order valence-electron chi connectivity index (χ2n) is 9.00. The van der Waals surface area contributed by atoms with Gasteiger partial charge >= 0.3 is 0 Å². The van der Waals surface area contributed by atoms with Gasteiger partial charge in [0, 0.05) is 0 Å². The Balaban J connectivity index is 1.69. The van der Waals surface area contributed by atoms with Crippen molar-refractivity contribution in [2.75, 3.05) is 39.6 Å². The maximum Gasteiger partial charge on any atom is 0.119 e. The van der Waals surface area contributed by atoms with Crippen molar-refractivity contribution in [3.05, 3.63) is 42.0 Å². The molecule has 0 amide bonds. The Kier molecular flexibility index (Phi) is 7.35. The van der Waals surface area contributed by atoms with Crippen LogP contribution < -0.4 is 4.74 Å². The molecule has 0 aromatic heterocycles. The summed E-state index contributed by atoms with van der Waals surface area (Å²) in [6.45, 7) is 14.3. The van der Waals surface area contributed by atoms with Crippen molar-refractivity contribution in [1.82, 2.24) is 5.06 Å². The molecule has 2 aliphatic rings. The Hall–Kier alpha value is -1.44. The molecule has 1 saturated heterocycles. The van der Waals surface area contributed by atoms with Crippen LogP contribution in [0.25, 0.3) is 0 Å². The predicted molar refractivity (Wildman–Crippen MR) is 112 cm³/mol. The maximum atomic E-state index is 6.52. The summed E-state index contributed by atoms with van der Waals surface area (Å²) in [6, 6.07) is 8.07. The van der Waals surface area contributed by atoms with Gasteiger partial charge in [-0.15, -0.1) is 0 Å². The van der Waals surface area contributed by atoms with Crippen LogP contribution in [0.2, 0.25) is 0 Å². The fraction of sp³-hybridized carbons (Fsp3) is 0.652. The number of hydroxylamine groups is 2. The zero-order chi connectivity index (χ0) is 20.9. The van der Waals surface area contributed by atoms with Crippen LogP contribution in [0.4, 0.5) is 0 Å². The van der Waals surface area contributed by atoms with E-state index < -0.39 is 0 Å². The monoisotopic (exact) mass is 405 g/mol. The van der Waals surface area contributed by atoms with Crippen molar-refractivity contribution in [3.63, 3.8) is 0 Å². The van der Waals surface area contributed by atoms with Gasteiger partial charge < -0.3 is 18.9 Å².